The predicted octanol–water partition coefficient (Wildman–Crippen LogP) is 2.59. The van der Waals surface area contributed by atoms with Crippen LogP contribution >= 0.6 is 0 Å². The highest BCUT2D eigenvalue weighted by Gasteiger charge is 2.25. The largest absolute Gasteiger partial charge is 0.341 e. The molecule has 0 atom stereocenters. The Kier molecular flexibility index (Phi) is 9.03. The van der Waals surface area contributed by atoms with Crippen molar-refractivity contribution < 1.29 is 4.79 Å². The van der Waals surface area contributed by atoms with E-state index < -0.39 is 0 Å². The van der Waals surface area contributed by atoms with Gasteiger partial charge in [-0.1, -0.05) is 34.6 Å². The molecule has 1 saturated heterocycles. The number of carbonyl (C=O) groups excluding carboxylic acids is 1. The maximum Gasteiger partial charge on any atom is 0.236 e. The molecule has 1 aliphatic heterocycles. The van der Waals surface area contributed by atoms with Gasteiger partial charge in [-0.25, -0.2) is 0 Å². The highest BCUT2D eigenvalue weighted by atomic mass is 16.2. The number of hydrogen-bond acceptors (Lipinski definition) is 3. The first kappa shape index (κ1) is 19.4. The second-order valence-corrected chi connectivity index (χ2v) is 7.54. The van der Waals surface area contributed by atoms with Crippen molar-refractivity contribution in [2.45, 2.75) is 59.9 Å². The van der Waals surface area contributed by atoms with Crippen molar-refractivity contribution in [3.05, 3.63) is 0 Å². The third-order valence-corrected chi connectivity index (χ3v) is 4.20. The van der Waals surface area contributed by atoms with Crippen molar-refractivity contribution in [2.24, 2.45) is 11.8 Å². The SMILES string of the molecule is CCCN(CC(=O)N(CC(C)C)CC(C)C)C1CCNCC1. The monoisotopic (exact) mass is 311 g/mol. The summed E-state index contributed by atoms with van der Waals surface area (Å²) in [7, 11) is 0. The molecule has 22 heavy (non-hydrogen) atoms. The number of hydrogen-bond donors (Lipinski definition) is 1. The minimum Gasteiger partial charge on any atom is -0.341 e. The van der Waals surface area contributed by atoms with Gasteiger partial charge in [-0.2, -0.15) is 0 Å². The van der Waals surface area contributed by atoms with E-state index in [1.165, 1.54) is 12.8 Å². The molecule has 4 heteroatoms. The van der Waals surface area contributed by atoms with E-state index in [9.17, 15) is 4.79 Å². The summed E-state index contributed by atoms with van der Waals surface area (Å²) in [5, 5.41) is 3.42. The van der Waals surface area contributed by atoms with Gasteiger partial charge >= 0.3 is 0 Å². The summed E-state index contributed by atoms with van der Waals surface area (Å²) in [6.45, 7) is 16.5. The van der Waals surface area contributed by atoms with E-state index >= 15 is 0 Å². The van der Waals surface area contributed by atoms with Crippen molar-refractivity contribution in [1.29, 1.82) is 0 Å². The van der Waals surface area contributed by atoms with Crippen molar-refractivity contribution in [3.8, 4) is 0 Å². The molecule has 1 amide bonds. The molecule has 0 aromatic heterocycles. The lowest BCUT2D eigenvalue weighted by atomic mass is 10.0. The van der Waals surface area contributed by atoms with Crippen LogP contribution in [0, 0.1) is 11.8 Å². The fourth-order valence-electron chi connectivity index (χ4n) is 3.28. The molecule has 0 radical (unpaired) electrons. The van der Waals surface area contributed by atoms with Crippen LogP contribution in [0.15, 0.2) is 0 Å². The Labute approximate surface area is 137 Å². The maximum atomic E-state index is 12.8. The Morgan fingerprint density at radius 2 is 1.64 bits per heavy atom. The van der Waals surface area contributed by atoms with Crippen molar-refractivity contribution in [2.75, 3.05) is 39.3 Å². The topological polar surface area (TPSA) is 35.6 Å². The maximum absolute atomic E-state index is 12.8. The zero-order valence-electron chi connectivity index (χ0n) is 15.4. The Morgan fingerprint density at radius 1 is 1.09 bits per heavy atom. The van der Waals surface area contributed by atoms with Crippen molar-refractivity contribution >= 4 is 5.91 Å². The predicted molar refractivity (Wildman–Crippen MR) is 94.0 cm³/mol. The normalized spacial score (nSPS) is 16.7. The van der Waals surface area contributed by atoms with E-state index in [1.54, 1.807) is 0 Å². The number of amides is 1. The molecule has 4 nitrogen and oxygen atoms in total. The number of nitrogens with one attached hydrogen (secondary N) is 1. The van der Waals surface area contributed by atoms with E-state index in [0.717, 1.165) is 39.1 Å². The molecule has 0 aromatic rings. The highest BCUT2D eigenvalue weighted by molar-refractivity contribution is 5.78. The second kappa shape index (κ2) is 10.2. The molecule has 1 N–H and O–H groups in total. The summed E-state index contributed by atoms with van der Waals surface area (Å²) >= 11 is 0. The quantitative estimate of drug-likeness (QED) is 0.711. The van der Waals surface area contributed by atoms with Gasteiger partial charge in [0.2, 0.25) is 5.91 Å². The highest BCUT2D eigenvalue weighted by Crippen LogP contribution is 2.14. The van der Waals surface area contributed by atoms with Crippen molar-refractivity contribution in [3.63, 3.8) is 0 Å². The molecule has 0 aliphatic carbocycles. The molecule has 0 saturated carbocycles. The molecule has 0 unspecified atom stereocenters. The zero-order chi connectivity index (χ0) is 16.5. The fraction of sp³-hybridized carbons (Fsp3) is 0.944. The minimum absolute atomic E-state index is 0.314. The van der Waals surface area contributed by atoms with E-state index in [0.29, 0.717) is 30.3 Å². The van der Waals surface area contributed by atoms with Crippen LogP contribution in [-0.4, -0.2) is 61.0 Å². The van der Waals surface area contributed by atoms with Crippen LogP contribution in [0.5, 0.6) is 0 Å². The average molecular weight is 312 g/mol. The summed E-state index contributed by atoms with van der Waals surface area (Å²) in [6, 6.07) is 0.574. The molecule has 1 rings (SSSR count). The van der Waals surface area contributed by atoms with Gasteiger partial charge in [-0.15, -0.1) is 0 Å². The molecular weight excluding hydrogens is 274 g/mol. The first-order valence-corrected chi connectivity index (χ1v) is 9.16. The van der Waals surface area contributed by atoms with Gasteiger partial charge < -0.3 is 10.2 Å². The molecule has 0 spiro atoms. The van der Waals surface area contributed by atoms with Gasteiger partial charge in [0.15, 0.2) is 0 Å². The third-order valence-electron chi connectivity index (χ3n) is 4.20. The Morgan fingerprint density at radius 3 is 2.09 bits per heavy atom. The average Bonchev–Trinajstić information content (AvgIpc) is 2.46. The fourth-order valence-corrected chi connectivity index (χ4v) is 3.28. The van der Waals surface area contributed by atoms with E-state index in [2.05, 4.69) is 49.7 Å². The van der Waals surface area contributed by atoms with Crippen LogP contribution in [0.2, 0.25) is 0 Å². The number of rotatable bonds is 9. The number of nitrogens with zero attached hydrogens (tertiary/aromatic N) is 2. The zero-order valence-corrected chi connectivity index (χ0v) is 15.4. The van der Waals surface area contributed by atoms with E-state index in [1.807, 2.05) is 0 Å². The smallest absolute Gasteiger partial charge is 0.236 e. The Hall–Kier alpha value is -0.610. The molecule has 130 valence electrons. The lowest BCUT2D eigenvalue weighted by Crippen LogP contribution is -2.49. The molecule has 0 bridgehead atoms. The Balaban J connectivity index is 2.64. The molecular formula is C18H37N3O. The van der Waals surface area contributed by atoms with Gasteiger partial charge in [0, 0.05) is 19.1 Å². The van der Waals surface area contributed by atoms with Crippen LogP contribution in [-0.2, 0) is 4.79 Å². The van der Waals surface area contributed by atoms with E-state index in [-0.39, 0.29) is 0 Å². The van der Waals surface area contributed by atoms with Crippen LogP contribution in [0.25, 0.3) is 0 Å². The summed E-state index contributed by atoms with van der Waals surface area (Å²) in [5.74, 6) is 1.37. The molecule has 1 aliphatic rings. The van der Waals surface area contributed by atoms with Crippen LogP contribution < -0.4 is 5.32 Å². The van der Waals surface area contributed by atoms with E-state index in [4.69, 9.17) is 0 Å². The first-order chi connectivity index (χ1) is 10.4. The lowest BCUT2D eigenvalue weighted by molar-refractivity contribution is -0.134. The summed E-state index contributed by atoms with van der Waals surface area (Å²) < 4.78 is 0. The molecule has 1 fully saturated rings. The number of piperidine rings is 1. The van der Waals surface area contributed by atoms with Crippen LogP contribution in [0.4, 0.5) is 0 Å². The van der Waals surface area contributed by atoms with Crippen LogP contribution in [0.1, 0.15) is 53.9 Å². The Bertz CT molecular complexity index is 301. The van der Waals surface area contributed by atoms with Crippen molar-refractivity contribution in [1.82, 2.24) is 15.1 Å². The van der Waals surface area contributed by atoms with Gasteiger partial charge in [0.1, 0.15) is 0 Å². The van der Waals surface area contributed by atoms with Gasteiger partial charge in [0.25, 0.3) is 0 Å². The summed E-state index contributed by atoms with van der Waals surface area (Å²) in [5.41, 5.74) is 0. The van der Waals surface area contributed by atoms with Gasteiger partial charge in [-0.05, 0) is 50.7 Å². The second-order valence-electron chi connectivity index (χ2n) is 7.54. The van der Waals surface area contributed by atoms with Gasteiger partial charge in [-0.3, -0.25) is 9.69 Å². The van der Waals surface area contributed by atoms with Gasteiger partial charge in [0.05, 0.1) is 6.54 Å². The standard InChI is InChI=1S/C18H37N3O/c1-6-11-20(17-7-9-19-10-8-17)14-18(22)21(12-15(2)3)13-16(4)5/h15-17,19H,6-14H2,1-5H3. The molecule has 1 heterocycles. The van der Waals surface area contributed by atoms with Crippen LogP contribution in [0.3, 0.4) is 0 Å². The summed E-state index contributed by atoms with van der Waals surface area (Å²) in [4.78, 5) is 17.3. The number of carbonyl (C=O) groups is 1. The first-order valence-electron chi connectivity index (χ1n) is 9.16. The minimum atomic E-state index is 0.314. The summed E-state index contributed by atoms with van der Waals surface area (Å²) in [6.07, 6.45) is 3.45. The molecule has 0 aromatic carbocycles. The lowest BCUT2D eigenvalue weighted by Gasteiger charge is -2.36. The third kappa shape index (κ3) is 7.10.